The SMILES string of the molecule is CCN(CC)CCCOc1ccc(NC(=O)[C@@]2(OC)CCC[C@@H](C)C2)cc1. The molecule has 0 spiro atoms. The van der Waals surface area contributed by atoms with Crippen molar-refractivity contribution in [2.45, 2.75) is 58.5 Å². The molecule has 1 aliphatic carbocycles. The average molecular weight is 377 g/mol. The fourth-order valence-electron chi connectivity index (χ4n) is 3.88. The van der Waals surface area contributed by atoms with Crippen molar-refractivity contribution in [3.63, 3.8) is 0 Å². The van der Waals surface area contributed by atoms with Crippen molar-refractivity contribution in [1.82, 2.24) is 4.90 Å². The maximum absolute atomic E-state index is 12.8. The van der Waals surface area contributed by atoms with E-state index in [0.717, 1.165) is 56.8 Å². The lowest BCUT2D eigenvalue weighted by molar-refractivity contribution is -0.143. The molecule has 0 bridgehead atoms. The number of nitrogens with zero attached hydrogens (tertiary/aromatic N) is 1. The van der Waals surface area contributed by atoms with Gasteiger partial charge in [-0.2, -0.15) is 0 Å². The summed E-state index contributed by atoms with van der Waals surface area (Å²) >= 11 is 0. The molecule has 0 radical (unpaired) electrons. The summed E-state index contributed by atoms with van der Waals surface area (Å²) < 4.78 is 11.5. The zero-order valence-corrected chi connectivity index (χ0v) is 17.4. The van der Waals surface area contributed by atoms with Gasteiger partial charge in [0.2, 0.25) is 0 Å². The fraction of sp³-hybridized carbons (Fsp3) is 0.682. The molecule has 152 valence electrons. The number of carbonyl (C=O) groups is 1. The van der Waals surface area contributed by atoms with Gasteiger partial charge < -0.3 is 19.7 Å². The minimum absolute atomic E-state index is 0.0376. The van der Waals surface area contributed by atoms with Crippen LogP contribution in [0.4, 0.5) is 5.69 Å². The number of amides is 1. The summed E-state index contributed by atoms with van der Waals surface area (Å²) in [5.74, 6) is 1.31. The zero-order chi connectivity index (χ0) is 19.7. The van der Waals surface area contributed by atoms with Crippen LogP contribution in [0.3, 0.4) is 0 Å². The molecule has 1 amide bonds. The van der Waals surface area contributed by atoms with E-state index in [1.165, 1.54) is 6.42 Å². The normalized spacial score (nSPS) is 22.6. The fourth-order valence-corrected chi connectivity index (χ4v) is 3.88. The van der Waals surface area contributed by atoms with E-state index < -0.39 is 5.60 Å². The van der Waals surface area contributed by atoms with Gasteiger partial charge in [-0.1, -0.05) is 27.2 Å². The summed E-state index contributed by atoms with van der Waals surface area (Å²) in [6.45, 7) is 10.5. The van der Waals surface area contributed by atoms with Crippen LogP contribution in [0.25, 0.3) is 0 Å². The number of carbonyl (C=O) groups excluding carboxylic acids is 1. The molecule has 5 nitrogen and oxygen atoms in total. The van der Waals surface area contributed by atoms with Crippen molar-refractivity contribution in [2.75, 3.05) is 38.7 Å². The topological polar surface area (TPSA) is 50.8 Å². The van der Waals surface area contributed by atoms with E-state index in [1.54, 1.807) is 7.11 Å². The molecule has 0 aromatic heterocycles. The van der Waals surface area contributed by atoms with Crippen LogP contribution in [-0.4, -0.2) is 49.8 Å². The monoisotopic (exact) mass is 376 g/mol. The third-order valence-electron chi connectivity index (χ3n) is 5.65. The van der Waals surface area contributed by atoms with Gasteiger partial charge >= 0.3 is 0 Å². The van der Waals surface area contributed by atoms with Gasteiger partial charge in [0.25, 0.3) is 5.91 Å². The molecule has 2 atom stereocenters. The Bertz CT molecular complexity index is 571. The molecule has 0 unspecified atom stereocenters. The second-order valence-corrected chi connectivity index (χ2v) is 7.61. The van der Waals surface area contributed by atoms with Crippen LogP contribution < -0.4 is 10.1 Å². The highest BCUT2D eigenvalue weighted by Gasteiger charge is 2.41. The van der Waals surface area contributed by atoms with Gasteiger partial charge in [0.05, 0.1) is 6.61 Å². The number of nitrogens with one attached hydrogen (secondary N) is 1. The van der Waals surface area contributed by atoms with Crippen LogP contribution in [0, 0.1) is 5.92 Å². The van der Waals surface area contributed by atoms with Gasteiger partial charge in [0, 0.05) is 19.3 Å². The molecule has 1 aromatic carbocycles. The van der Waals surface area contributed by atoms with E-state index in [0.29, 0.717) is 12.5 Å². The summed E-state index contributed by atoms with van der Waals surface area (Å²) in [6, 6.07) is 7.62. The van der Waals surface area contributed by atoms with Gasteiger partial charge in [-0.3, -0.25) is 4.79 Å². The lowest BCUT2D eigenvalue weighted by Gasteiger charge is -2.37. The Morgan fingerprint density at radius 2 is 1.96 bits per heavy atom. The van der Waals surface area contributed by atoms with Gasteiger partial charge in [-0.25, -0.2) is 0 Å². The summed E-state index contributed by atoms with van der Waals surface area (Å²) in [5.41, 5.74) is 0.0854. The molecule has 0 aliphatic heterocycles. The highest BCUT2D eigenvalue weighted by Crippen LogP contribution is 2.35. The van der Waals surface area contributed by atoms with Crippen LogP contribution in [0.5, 0.6) is 5.75 Å². The van der Waals surface area contributed by atoms with E-state index in [-0.39, 0.29) is 5.91 Å². The van der Waals surface area contributed by atoms with Gasteiger partial charge in [-0.05, 0) is 69.0 Å². The summed E-state index contributed by atoms with van der Waals surface area (Å²) in [5, 5.41) is 3.02. The number of benzene rings is 1. The first-order chi connectivity index (χ1) is 13.0. The Labute approximate surface area is 164 Å². The first kappa shape index (κ1) is 21.7. The number of anilines is 1. The highest BCUT2D eigenvalue weighted by atomic mass is 16.5. The van der Waals surface area contributed by atoms with Crippen LogP contribution in [-0.2, 0) is 9.53 Å². The predicted octanol–water partition coefficient (Wildman–Crippen LogP) is 4.33. The van der Waals surface area contributed by atoms with Crippen molar-refractivity contribution >= 4 is 11.6 Å². The van der Waals surface area contributed by atoms with Crippen LogP contribution >= 0.6 is 0 Å². The maximum Gasteiger partial charge on any atom is 0.256 e. The van der Waals surface area contributed by atoms with Crippen LogP contribution in [0.2, 0.25) is 0 Å². The molecule has 1 aliphatic rings. The number of hydrogen-bond acceptors (Lipinski definition) is 4. The minimum Gasteiger partial charge on any atom is -0.494 e. The van der Waals surface area contributed by atoms with E-state index >= 15 is 0 Å². The Morgan fingerprint density at radius 1 is 1.26 bits per heavy atom. The van der Waals surface area contributed by atoms with Crippen molar-refractivity contribution in [3.05, 3.63) is 24.3 Å². The zero-order valence-electron chi connectivity index (χ0n) is 17.4. The van der Waals surface area contributed by atoms with E-state index in [9.17, 15) is 4.79 Å². The van der Waals surface area contributed by atoms with E-state index in [4.69, 9.17) is 9.47 Å². The van der Waals surface area contributed by atoms with Gasteiger partial charge in [0.1, 0.15) is 11.4 Å². The third kappa shape index (κ3) is 6.22. The molecule has 5 heteroatoms. The summed E-state index contributed by atoms with van der Waals surface area (Å²) in [4.78, 5) is 15.2. The van der Waals surface area contributed by atoms with Crippen molar-refractivity contribution < 1.29 is 14.3 Å². The first-order valence-electron chi connectivity index (χ1n) is 10.3. The van der Waals surface area contributed by atoms with Crippen molar-refractivity contribution in [2.24, 2.45) is 5.92 Å². The molecule has 1 aromatic rings. The molecule has 0 heterocycles. The smallest absolute Gasteiger partial charge is 0.256 e. The first-order valence-corrected chi connectivity index (χ1v) is 10.3. The van der Waals surface area contributed by atoms with Crippen molar-refractivity contribution in [3.8, 4) is 5.75 Å². The Kier molecular flexibility index (Phi) is 8.58. The third-order valence-corrected chi connectivity index (χ3v) is 5.65. The van der Waals surface area contributed by atoms with Gasteiger partial charge in [-0.15, -0.1) is 0 Å². The lowest BCUT2D eigenvalue weighted by Crippen LogP contribution is -2.47. The number of hydrogen-bond donors (Lipinski definition) is 1. The Morgan fingerprint density at radius 3 is 2.56 bits per heavy atom. The summed E-state index contributed by atoms with van der Waals surface area (Å²) in [7, 11) is 1.65. The van der Waals surface area contributed by atoms with E-state index in [2.05, 4.69) is 31.0 Å². The predicted molar refractivity (Wildman–Crippen MR) is 110 cm³/mol. The molecule has 2 rings (SSSR count). The molecular weight excluding hydrogens is 340 g/mol. The molecule has 1 fully saturated rings. The number of rotatable bonds is 10. The van der Waals surface area contributed by atoms with Crippen LogP contribution in [0.1, 0.15) is 52.9 Å². The lowest BCUT2D eigenvalue weighted by atomic mass is 9.78. The summed E-state index contributed by atoms with van der Waals surface area (Å²) in [6.07, 6.45) is 4.77. The molecule has 0 saturated heterocycles. The highest BCUT2D eigenvalue weighted by molar-refractivity contribution is 5.97. The quantitative estimate of drug-likeness (QED) is 0.618. The molecular formula is C22H36N2O3. The minimum atomic E-state index is -0.697. The molecule has 27 heavy (non-hydrogen) atoms. The molecule has 1 saturated carbocycles. The van der Waals surface area contributed by atoms with E-state index in [1.807, 2.05) is 24.3 Å². The van der Waals surface area contributed by atoms with Crippen molar-refractivity contribution in [1.29, 1.82) is 0 Å². The molecule has 1 N–H and O–H groups in total. The average Bonchev–Trinajstić information content (AvgIpc) is 2.69. The standard InChI is InChI=1S/C22H36N2O3/c1-5-24(6-2)15-8-16-27-20-12-10-19(11-13-20)23-21(25)22(26-4)14-7-9-18(3)17-22/h10-13,18H,5-9,14-17H2,1-4H3,(H,23,25)/t18-,22-/m1/s1. The maximum atomic E-state index is 12.8. The second-order valence-electron chi connectivity index (χ2n) is 7.61. The second kappa shape index (κ2) is 10.7. The number of methoxy groups -OCH3 is 1. The largest absolute Gasteiger partial charge is 0.494 e. The van der Waals surface area contributed by atoms with Crippen LogP contribution in [0.15, 0.2) is 24.3 Å². The van der Waals surface area contributed by atoms with Gasteiger partial charge in [0.15, 0.2) is 0 Å². The Hall–Kier alpha value is -1.59. The number of ether oxygens (including phenoxy) is 2. The Balaban J connectivity index is 1.83.